The summed E-state index contributed by atoms with van der Waals surface area (Å²) in [6.07, 6.45) is 0. The van der Waals surface area contributed by atoms with E-state index in [1.54, 1.807) is 20.0 Å². The number of ether oxygens (including phenoxy) is 1. The zero-order chi connectivity index (χ0) is 14.4. The predicted octanol–water partition coefficient (Wildman–Crippen LogP) is 3.10. The van der Waals surface area contributed by atoms with E-state index in [9.17, 15) is 4.79 Å². The molecule has 0 fully saturated rings. The average Bonchev–Trinajstić information content (AvgIpc) is 2.47. The van der Waals surface area contributed by atoms with Gasteiger partial charge < -0.3 is 4.74 Å². The first-order chi connectivity index (χ1) is 9.77. The maximum Gasteiger partial charge on any atom is 0.338 e. The van der Waals surface area contributed by atoms with Gasteiger partial charge in [0.15, 0.2) is 0 Å². The molecule has 104 valence electrons. The molecule has 0 heterocycles. The quantitative estimate of drug-likeness (QED) is 0.516. The summed E-state index contributed by atoms with van der Waals surface area (Å²) in [6, 6.07) is 11.5. The van der Waals surface area contributed by atoms with Gasteiger partial charge in [0.25, 0.3) is 0 Å². The van der Waals surface area contributed by atoms with Crippen LogP contribution >= 0.6 is 0 Å². The third-order valence-electron chi connectivity index (χ3n) is 2.95. The van der Waals surface area contributed by atoms with Crippen LogP contribution in [0, 0.1) is 0 Å². The first-order valence-corrected chi connectivity index (χ1v) is 6.47. The summed E-state index contributed by atoms with van der Waals surface area (Å²) in [6.45, 7) is 2.72. The number of esters is 1. The molecule has 5 heteroatoms. The Hall–Kier alpha value is -2.43. The molecule has 0 amide bonds. The maximum absolute atomic E-state index is 12.0. The number of fused-ring (bicyclic) bond motifs is 1. The van der Waals surface area contributed by atoms with Crippen LogP contribution < -0.4 is 5.43 Å². The lowest BCUT2D eigenvalue weighted by atomic mass is 10.00. The normalized spacial score (nSPS) is 10.9. The van der Waals surface area contributed by atoms with E-state index in [-0.39, 0.29) is 5.97 Å². The fraction of sp³-hybridized carbons (Fsp3) is 0.267. The van der Waals surface area contributed by atoms with Crippen LogP contribution in [0.5, 0.6) is 0 Å². The van der Waals surface area contributed by atoms with Crippen LogP contribution in [0.25, 0.3) is 10.8 Å². The summed E-state index contributed by atoms with van der Waals surface area (Å²) in [5, 5.41) is 9.28. The third-order valence-corrected chi connectivity index (χ3v) is 2.95. The molecule has 0 radical (unpaired) electrons. The van der Waals surface area contributed by atoms with Crippen molar-refractivity contribution < 1.29 is 9.53 Å². The summed E-state index contributed by atoms with van der Waals surface area (Å²) in [7, 11) is 1.61. The summed E-state index contributed by atoms with van der Waals surface area (Å²) in [5.41, 5.74) is 4.50. The van der Waals surface area contributed by atoms with Gasteiger partial charge in [-0.2, -0.15) is 5.11 Å². The molecule has 0 aliphatic rings. The van der Waals surface area contributed by atoms with Crippen LogP contribution in [0.15, 0.2) is 46.7 Å². The van der Waals surface area contributed by atoms with Gasteiger partial charge in [0.05, 0.1) is 25.8 Å². The third kappa shape index (κ3) is 2.93. The molecule has 0 atom stereocenters. The SMILES string of the molecule is CCOC(=O)c1cccc2c(CN/N=N\C)cccc12. The first-order valence-electron chi connectivity index (χ1n) is 6.47. The van der Waals surface area contributed by atoms with Gasteiger partial charge in [-0.3, -0.25) is 5.43 Å². The summed E-state index contributed by atoms with van der Waals surface area (Å²) in [4.78, 5) is 12.0. The average molecular weight is 271 g/mol. The van der Waals surface area contributed by atoms with Crippen LogP contribution in [0.3, 0.4) is 0 Å². The van der Waals surface area contributed by atoms with E-state index in [0.29, 0.717) is 18.7 Å². The highest BCUT2D eigenvalue weighted by atomic mass is 16.5. The van der Waals surface area contributed by atoms with Crippen molar-refractivity contribution in [3.63, 3.8) is 0 Å². The molecule has 0 saturated carbocycles. The Bertz CT molecular complexity index is 638. The lowest BCUT2D eigenvalue weighted by Gasteiger charge is -2.09. The van der Waals surface area contributed by atoms with Gasteiger partial charge in [-0.15, -0.1) is 0 Å². The molecule has 0 spiro atoms. The summed E-state index contributed by atoms with van der Waals surface area (Å²) >= 11 is 0. The van der Waals surface area contributed by atoms with Gasteiger partial charge >= 0.3 is 5.97 Å². The molecule has 5 nitrogen and oxygen atoms in total. The van der Waals surface area contributed by atoms with Gasteiger partial charge in [-0.05, 0) is 29.3 Å². The van der Waals surface area contributed by atoms with Crippen LogP contribution in [0.2, 0.25) is 0 Å². The standard InChI is InChI=1S/C15H17N3O2/c1-3-20-15(19)14-9-5-7-12-11(10-17-18-16-2)6-4-8-13(12)14/h4-9H,3,10H2,1-2H3,(H,16,17). The molecule has 2 aromatic carbocycles. The van der Waals surface area contributed by atoms with Crippen molar-refractivity contribution in [1.82, 2.24) is 5.43 Å². The minimum Gasteiger partial charge on any atom is -0.462 e. The van der Waals surface area contributed by atoms with Crippen molar-refractivity contribution in [2.75, 3.05) is 13.7 Å². The highest BCUT2D eigenvalue weighted by Crippen LogP contribution is 2.23. The Morgan fingerprint density at radius 2 is 1.95 bits per heavy atom. The summed E-state index contributed by atoms with van der Waals surface area (Å²) < 4.78 is 5.09. The molecule has 0 aliphatic heterocycles. The second-order valence-corrected chi connectivity index (χ2v) is 4.17. The van der Waals surface area contributed by atoms with E-state index < -0.39 is 0 Å². The molecule has 0 aliphatic carbocycles. The van der Waals surface area contributed by atoms with Gasteiger partial charge in [0, 0.05) is 0 Å². The van der Waals surface area contributed by atoms with Crippen molar-refractivity contribution in [1.29, 1.82) is 0 Å². The Labute approximate surface area is 117 Å². The number of rotatable bonds is 5. The number of carbonyl (C=O) groups is 1. The van der Waals surface area contributed by atoms with E-state index in [0.717, 1.165) is 16.3 Å². The van der Waals surface area contributed by atoms with E-state index in [4.69, 9.17) is 4.74 Å². The molecule has 0 saturated heterocycles. The number of nitrogens with one attached hydrogen (secondary N) is 1. The second-order valence-electron chi connectivity index (χ2n) is 4.17. The van der Waals surface area contributed by atoms with E-state index in [1.807, 2.05) is 30.3 Å². The van der Waals surface area contributed by atoms with E-state index in [1.165, 1.54) is 0 Å². The molecule has 0 bridgehead atoms. The number of hydrogen-bond acceptors (Lipinski definition) is 4. The van der Waals surface area contributed by atoms with Gasteiger partial charge in [-0.1, -0.05) is 35.6 Å². The second kappa shape index (κ2) is 6.65. The van der Waals surface area contributed by atoms with Gasteiger partial charge in [-0.25, -0.2) is 4.79 Å². The molecule has 1 N–H and O–H groups in total. The zero-order valence-corrected chi connectivity index (χ0v) is 11.6. The van der Waals surface area contributed by atoms with Crippen LogP contribution in [0.1, 0.15) is 22.8 Å². The Morgan fingerprint density at radius 1 is 1.20 bits per heavy atom. The van der Waals surface area contributed by atoms with Crippen LogP contribution in [-0.4, -0.2) is 19.6 Å². The smallest absolute Gasteiger partial charge is 0.338 e. The largest absolute Gasteiger partial charge is 0.462 e. The minimum absolute atomic E-state index is 0.295. The predicted molar refractivity (Wildman–Crippen MR) is 77.5 cm³/mol. The van der Waals surface area contributed by atoms with E-state index in [2.05, 4.69) is 15.8 Å². The molecular weight excluding hydrogens is 254 g/mol. The molecule has 2 aromatic rings. The fourth-order valence-corrected chi connectivity index (χ4v) is 2.11. The monoisotopic (exact) mass is 271 g/mol. The molecule has 0 aromatic heterocycles. The molecular formula is C15H17N3O2. The van der Waals surface area contributed by atoms with Crippen molar-refractivity contribution in [3.8, 4) is 0 Å². The Balaban J connectivity index is 2.43. The highest BCUT2D eigenvalue weighted by molar-refractivity contribution is 6.05. The number of hydrogen-bond donors (Lipinski definition) is 1. The molecule has 0 unspecified atom stereocenters. The molecule has 20 heavy (non-hydrogen) atoms. The number of benzene rings is 2. The van der Waals surface area contributed by atoms with Crippen molar-refractivity contribution >= 4 is 16.7 Å². The number of carbonyl (C=O) groups excluding carboxylic acids is 1. The van der Waals surface area contributed by atoms with Gasteiger partial charge in [0.1, 0.15) is 0 Å². The van der Waals surface area contributed by atoms with Gasteiger partial charge in [0.2, 0.25) is 0 Å². The Morgan fingerprint density at radius 3 is 2.70 bits per heavy atom. The topological polar surface area (TPSA) is 63.0 Å². The van der Waals surface area contributed by atoms with Crippen molar-refractivity contribution in [3.05, 3.63) is 47.5 Å². The van der Waals surface area contributed by atoms with Crippen LogP contribution in [0.4, 0.5) is 0 Å². The first kappa shape index (κ1) is 14.0. The van der Waals surface area contributed by atoms with Crippen molar-refractivity contribution in [2.24, 2.45) is 10.3 Å². The summed E-state index contributed by atoms with van der Waals surface area (Å²) in [5.74, 6) is -0.295. The Kier molecular flexibility index (Phi) is 4.65. The fourth-order valence-electron chi connectivity index (χ4n) is 2.11. The minimum atomic E-state index is -0.295. The molecule has 2 rings (SSSR count). The zero-order valence-electron chi connectivity index (χ0n) is 11.6. The lowest BCUT2D eigenvalue weighted by Crippen LogP contribution is -2.07. The van der Waals surface area contributed by atoms with Crippen molar-refractivity contribution in [2.45, 2.75) is 13.5 Å². The number of nitrogens with zero attached hydrogens (tertiary/aromatic N) is 2. The van der Waals surface area contributed by atoms with E-state index >= 15 is 0 Å². The highest BCUT2D eigenvalue weighted by Gasteiger charge is 2.11. The maximum atomic E-state index is 12.0. The van der Waals surface area contributed by atoms with Crippen LogP contribution in [-0.2, 0) is 11.3 Å². The lowest BCUT2D eigenvalue weighted by molar-refractivity contribution is 0.0528.